The Morgan fingerprint density at radius 1 is 1.48 bits per heavy atom. The Bertz CT molecular complexity index is 601. The maximum Gasteiger partial charge on any atom is 0.337 e. The molecule has 0 saturated carbocycles. The first-order valence-electron chi connectivity index (χ1n) is 6.47. The van der Waals surface area contributed by atoms with E-state index in [1.165, 1.54) is 25.3 Å². The van der Waals surface area contributed by atoms with Crippen LogP contribution in [0.1, 0.15) is 30.1 Å². The number of methoxy groups -OCH3 is 1. The number of nitrogen functional groups attached to an aromatic ring is 1. The van der Waals surface area contributed by atoms with E-state index in [0.717, 1.165) is 6.42 Å². The number of carbonyl (C=O) groups is 1. The van der Waals surface area contributed by atoms with E-state index in [4.69, 9.17) is 5.73 Å². The second-order valence-corrected chi connectivity index (χ2v) is 6.27. The van der Waals surface area contributed by atoms with Crippen LogP contribution in [-0.4, -0.2) is 39.3 Å². The third-order valence-electron chi connectivity index (χ3n) is 2.85. The van der Waals surface area contributed by atoms with Crippen molar-refractivity contribution in [2.45, 2.75) is 30.8 Å². The van der Waals surface area contributed by atoms with Gasteiger partial charge in [-0.1, -0.05) is 13.3 Å². The molecule has 8 heteroatoms. The number of ether oxygens (including phenoxy) is 1. The number of esters is 1. The quantitative estimate of drug-likeness (QED) is 0.498. The normalized spacial score (nSPS) is 12.9. The standard InChI is InChI=1S/C13H20N2O5S/c1-3-4-10(16)8-15-21(18,19)12-6-5-9(7-11(12)14)13(17)20-2/h5-7,10,15-16H,3-4,8,14H2,1-2H3. The van der Waals surface area contributed by atoms with Gasteiger partial charge in [-0.05, 0) is 24.6 Å². The van der Waals surface area contributed by atoms with Crippen LogP contribution < -0.4 is 10.5 Å². The number of nitrogens with one attached hydrogen (secondary N) is 1. The van der Waals surface area contributed by atoms with Crippen LogP contribution in [0, 0.1) is 0 Å². The van der Waals surface area contributed by atoms with Crippen molar-refractivity contribution >= 4 is 21.7 Å². The Balaban J connectivity index is 2.91. The topological polar surface area (TPSA) is 119 Å². The van der Waals surface area contributed by atoms with Gasteiger partial charge in [0.15, 0.2) is 0 Å². The minimum Gasteiger partial charge on any atom is -0.465 e. The third kappa shape index (κ3) is 4.69. The Kier molecular flexibility index (Phi) is 6.13. The van der Waals surface area contributed by atoms with E-state index in [1.807, 2.05) is 6.92 Å². The molecule has 0 aliphatic heterocycles. The van der Waals surface area contributed by atoms with Gasteiger partial charge in [0.2, 0.25) is 10.0 Å². The molecule has 4 N–H and O–H groups in total. The van der Waals surface area contributed by atoms with Gasteiger partial charge in [0, 0.05) is 6.54 Å². The van der Waals surface area contributed by atoms with Gasteiger partial charge in [-0.3, -0.25) is 0 Å². The highest BCUT2D eigenvalue weighted by molar-refractivity contribution is 7.89. The molecular formula is C13H20N2O5S. The van der Waals surface area contributed by atoms with Crippen LogP contribution in [0.15, 0.2) is 23.1 Å². The number of benzene rings is 1. The van der Waals surface area contributed by atoms with Crippen molar-refractivity contribution in [1.29, 1.82) is 0 Å². The van der Waals surface area contributed by atoms with Gasteiger partial charge in [0.1, 0.15) is 4.90 Å². The van der Waals surface area contributed by atoms with Crippen molar-refractivity contribution in [3.05, 3.63) is 23.8 Å². The van der Waals surface area contributed by atoms with Gasteiger partial charge >= 0.3 is 5.97 Å². The highest BCUT2D eigenvalue weighted by Gasteiger charge is 2.20. The zero-order chi connectivity index (χ0) is 16.0. The summed E-state index contributed by atoms with van der Waals surface area (Å²) >= 11 is 0. The number of sulfonamides is 1. The first-order valence-corrected chi connectivity index (χ1v) is 7.95. The average molecular weight is 316 g/mol. The van der Waals surface area contributed by atoms with Gasteiger partial charge in [-0.2, -0.15) is 0 Å². The molecule has 7 nitrogen and oxygen atoms in total. The lowest BCUT2D eigenvalue weighted by atomic mass is 10.2. The van der Waals surface area contributed by atoms with Crippen molar-refractivity contribution in [2.24, 2.45) is 0 Å². The van der Waals surface area contributed by atoms with E-state index in [2.05, 4.69) is 9.46 Å². The fourth-order valence-electron chi connectivity index (χ4n) is 1.76. The molecule has 1 unspecified atom stereocenters. The predicted octanol–water partition coefficient (Wildman–Crippen LogP) is 0.495. The van der Waals surface area contributed by atoms with Crippen LogP contribution in [0.5, 0.6) is 0 Å². The van der Waals surface area contributed by atoms with Crippen molar-refractivity contribution in [3.63, 3.8) is 0 Å². The first kappa shape index (κ1) is 17.4. The van der Waals surface area contributed by atoms with Gasteiger partial charge < -0.3 is 15.6 Å². The van der Waals surface area contributed by atoms with Crippen LogP contribution in [0.2, 0.25) is 0 Å². The molecule has 1 atom stereocenters. The Morgan fingerprint density at radius 2 is 2.14 bits per heavy atom. The summed E-state index contributed by atoms with van der Waals surface area (Å²) in [6.45, 7) is 1.80. The van der Waals surface area contributed by atoms with Crippen molar-refractivity contribution in [3.8, 4) is 0 Å². The SMILES string of the molecule is CCCC(O)CNS(=O)(=O)c1ccc(C(=O)OC)cc1N. The third-order valence-corrected chi connectivity index (χ3v) is 4.35. The number of hydrogen-bond donors (Lipinski definition) is 3. The number of anilines is 1. The lowest BCUT2D eigenvalue weighted by molar-refractivity contribution is 0.0600. The van der Waals surface area contributed by atoms with Gasteiger partial charge in [0.25, 0.3) is 0 Å². The molecule has 118 valence electrons. The predicted molar refractivity (Wildman–Crippen MR) is 78.3 cm³/mol. The van der Waals surface area contributed by atoms with E-state index >= 15 is 0 Å². The van der Waals surface area contributed by atoms with Gasteiger partial charge in [-0.15, -0.1) is 0 Å². The molecule has 0 bridgehead atoms. The molecule has 0 heterocycles. The highest BCUT2D eigenvalue weighted by atomic mass is 32.2. The summed E-state index contributed by atoms with van der Waals surface area (Å²) in [6, 6.07) is 3.79. The molecule has 0 aliphatic carbocycles. The molecule has 0 saturated heterocycles. The van der Waals surface area contributed by atoms with E-state index in [-0.39, 0.29) is 22.7 Å². The van der Waals surface area contributed by atoms with Crippen LogP contribution in [0.25, 0.3) is 0 Å². The minimum absolute atomic E-state index is 0.0598. The highest BCUT2D eigenvalue weighted by Crippen LogP contribution is 2.20. The molecule has 0 aliphatic rings. The van der Waals surface area contributed by atoms with E-state index < -0.39 is 22.1 Å². The molecule has 0 aromatic heterocycles. The lowest BCUT2D eigenvalue weighted by Gasteiger charge is -2.13. The molecule has 0 amide bonds. The fraction of sp³-hybridized carbons (Fsp3) is 0.462. The Labute approximate surface area is 124 Å². The zero-order valence-corrected chi connectivity index (χ0v) is 12.8. The van der Waals surface area contributed by atoms with Crippen LogP contribution >= 0.6 is 0 Å². The molecule has 0 spiro atoms. The summed E-state index contributed by atoms with van der Waals surface area (Å²) in [7, 11) is -2.62. The Morgan fingerprint density at radius 3 is 2.67 bits per heavy atom. The number of nitrogens with two attached hydrogens (primary N) is 1. The largest absolute Gasteiger partial charge is 0.465 e. The van der Waals surface area contributed by atoms with Crippen molar-refractivity contribution in [1.82, 2.24) is 4.72 Å². The van der Waals surface area contributed by atoms with Gasteiger partial charge in [0.05, 0.1) is 24.5 Å². The van der Waals surface area contributed by atoms with E-state index in [9.17, 15) is 18.3 Å². The maximum atomic E-state index is 12.1. The molecule has 0 fully saturated rings. The second kappa shape index (κ2) is 7.39. The number of aliphatic hydroxyl groups excluding tert-OH is 1. The summed E-state index contributed by atoms with van der Waals surface area (Å²) in [5.41, 5.74) is 5.78. The zero-order valence-electron chi connectivity index (χ0n) is 12.0. The summed E-state index contributed by atoms with van der Waals surface area (Å²) in [5.74, 6) is -0.600. The summed E-state index contributed by atoms with van der Waals surface area (Å²) in [6.07, 6.45) is 0.498. The van der Waals surface area contributed by atoms with Crippen LogP contribution in [-0.2, 0) is 14.8 Å². The maximum absolute atomic E-state index is 12.1. The van der Waals surface area contributed by atoms with E-state index in [1.54, 1.807) is 0 Å². The summed E-state index contributed by atoms with van der Waals surface area (Å²) in [4.78, 5) is 11.2. The first-order chi connectivity index (χ1) is 9.81. The molecule has 1 aromatic rings. The van der Waals surface area contributed by atoms with Crippen molar-refractivity contribution in [2.75, 3.05) is 19.4 Å². The number of hydrogen-bond acceptors (Lipinski definition) is 6. The number of rotatable bonds is 7. The van der Waals surface area contributed by atoms with Crippen LogP contribution in [0.4, 0.5) is 5.69 Å². The molecule has 21 heavy (non-hydrogen) atoms. The van der Waals surface area contributed by atoms with E-state index in [0.29, 0.717) is 6.42 Å². The summed E-state index contributed by atoms with van der Waals surface area (Å²) < 4.78 is 31.0. The Hall–Kier alpha value is -1.64. The van der Waals surface area contributed by atoms with Crippen LogP contribution in [0.3, 0.4) is 0 Å². The van der Waals surface area contributed by atoms with Gasteiger partial charge in [-0.25, -0.2) is 17.9 Å². The number of aliphatic hydroxyl groups is 1. The average Bonchev–Trinajstić information content (AvgIpc) is 2.44. The summed E-state index contributed by atoms with van der Waals surface area (Å²) in [5, 5.41) is 9.56. The molecule has 1 rings (SSSR count). The molecule has 0 radical (unpaired) electrons. The molecule has 1 aromatic carbocycles. The minimum atomic E-state index is -3.84. The molecular weight excluding hydrogens is 296 g/mol. The lowest BCUT2D eigenvalue weighted by Crippen LogP contribution is -2.32. The monoisotopic (exact) mass is 316 g/mol. The van der Waals surface area contributed by atoms with Crippen molar-refractivity contribution < 1.29 is 23.1 Å². The smallest absolute Gasteiger partial charge is 0.337 e. The number of carbonyl (C=O) groups excluding carboxylic acids is 1. The fourth-order valence-corrected chi connectivity index (χ4v) is 2.94. The second-order valence-electron chi connectivity index (χ2n) is 4.54.